The summed E-state index contributed by atoms with van der Waals surface area (Å²) in [6.07, 6.45) is 5.68. The van der Waals surface area contributed by atoms with Crippen molar-refractivity contribution in [2.45, 2.75) is 26.8 Å². The fraction of sp³-hybridized carbons (Fsp3) is 0.304. The van der Waals surface area contributed by atoms with Gasteiger partial charge in [0.05, 0.1) is 0 Å². The van der Waals surface area contributed by atoms with Gasteiger partial charge in [0.2, 0.25) is 5.95 Å². The van der Waals surface area contributed by atoms with E-state index in [-0.39, 0.29) is 0 Å². The van der Waals surface area contributed by atoms with E-state index in [1.807, 2.05) is 54.0 Å². The highest BCUT2D eigenvalue weighted by atomic mass is 15.3. The van der Waals surface area contributed by atoms with Crippen molar-refractivity contribution >= 4 is 34.7 Å². The molecule has 4 aromatic heterocycles. The van der Waals surface area contributed by atoms with E-state index in [9.17, 15) is 0 Å². The Morgan fingerprint density at radius 1 is 1.00 bits per heavy atom. The SMILES string of the molecule is Cc1cc(C)nc(Nc2nc(Nc3ccn4ccnc4c3)cc(N3CCN[C@@H](C)C3)n2)c1. The molecule has 9 nitrogen and oxygen atoms in total. The molecule has 9 heteroatoms. The van der Waals surface area contributed by atoms with Crippen LogP contribution in [0.4, 0.5) is 29.1 Å². The van der Waals surface area contributed by atoms with Gasteiger partial charge in [0.25, 0.3) is 0 Å². The Labute approximate surface area is 187 Å². The van der Waals surface area contributed by atoms with Gasteiger partial charge in [0.1, 0.15) is 23.1 Å². The number of rotatable bonds is 5. The molecule has 5 heterocycles. The second-order valence-electron chi connectivity index (χ2n) is 8.27. The fourth-order valence-corrected chi connectivity index (χ4v) is 4.01. The third kappa shape index (κ3) is 4.47. The largest absolute Gasteiger partial charge is 0.354 e. The van der Waals surface area contributed by atoms with Crippen molar-refractivity contribution in [2.24, 2.45) is 0 Å². The molecule has 1 aliphatic rings. The minimum absolute atomic E-state index is 0.399. The van der Waals surface area contributed by atoms with Gasteiger partial charge in [-0.2, -0.15) is 9.97 Å². The third-order valence-corrected chi connectivity index (χ3v) is 5.41. The molecule has 32 heavy (non-hydrogen) atoms. The summed E-state index contributed by atoms with van der Waals surface area (Å²) in [6.45, 7) is 8.92. The standard InChI is InChI=1S/C23H27N9/c1-15-10-16(2)26-19(11-15)28-23-29-20(13-22(30-23)32-9-5-24-17(3)14-32)27-18-4-7-31-8-6-25-21(31)12-18/h4,6-8,10-13,17,24H,5,9,14H2,1-3H3,(H2,26,27,28,29,30)/t17-/m0/s1. The van der Waals surface area contributed by atoms with Crippen molar-refractivity contribution < 1.29 is 0 Å². The van der Waals surface area contributed by atoms with Crippen LogP contribution in [0.3, 0.4) is 0 Å². The summed E-state index contributed by atoms with van der Waals surface area (Å²) >= 11 is 0. The number of piperazine rings is 1. The highest BCUT2D eigenvalue weighted by molar-refractivity contribution is 5.66. The number of nitrogens with zero attached hydrogens (tertiary/aromatic N) is 6. The molecule has 1 fully saturated rings. The van der Waals surface area contributed by atoms with E-state index in [0.29, 0.717) is 17.8 Å². The number of fused-ring (bicyclic) bond motifs is 1. The lowest BCUT2D eigenvalue weighted by Crippen LogP contribution is -2.49. The zero-order valence-electron chi connectivity index (χ0n) is 18.5. The third-order valence-electron chi connectivity index (χ3n) is 5.41. The van der Waals surface area contributed by atoms with E-state index in [0.717, 1.165) is 53.9 Å². The normalized spacial score (nSPS) is 16.3. The lowest BCUT2D eigenvalue weighted by atomic mass is 10.2. The van der Waals surface area contributed by atoms with Gasteiger partial charge in [0.15, 0.2) is 0 Å². The van der Waals surface area contributed by atoms with Crippen LogP contribution in [0.25, 0.3) is 5.65 Å². The van der Waals surface area contributed by atoms with Gasteiger partial charge in [-0.3, -0.25) is 0 Å². The van der Waals surface area contributed by atoms with Crippen molar-refractivity contribution in [3.63, 3.8) is 0 Å². The summed E-state index contributed by atoms with van der Waals surface area (Å²) < 4.78 is 1.97. The van der Waals surface area contributed by atoms with Gasteiger partial charge in [0, 0.05) is 67.8 Å². The average Bonchev–Trinajstić information content (AvgIpc) is 3.21. The maximum absolute atomic E-state index is 4.81. The van der Waals surface area contributed by atoms with Crippen molar-refractivity contribution in [3.8, 4) is 0 Å². The molecule has 5 rings (SSSR count). The first kappa shape index (κ1) is 20.2. The minimum Gasteiger partial charge on any atom is -0.354 e. The van der Waals surface area contributed by atoms with Gasteiger partial charge in [-0.15, -0.1) is 0 Å². The molecule has 0 aliphatic carbocycles. The van der Waals surface area contributed by atoms with Crippen LogP contribution >= 0.6 is 0 Å². The van der Waals surface area contributed by atoms with Crippen LogP contribution in [-0.4, -0.2) is 50.0 Å². The Balaban J connectivity index is 1.49. The lowest BCUT2D eigenvalue weighted by Gasteiger charge is -2.33. The van der Waals surface area contributed by atoms with Crippen molar-refractivity contribution in [2.75, 3.05) is 35.2 Å². The van der Waals surface area contributed by atoms with Crippen molar-refractivity contribution in [1.29, 1.82) is 0 Å². The highest BCUT2D eigenvalue weighted by Crippen LogP contribution is 2.24. The van der Waals surface area contributed by atoms with Crippen LogP contribution in [-0.2, 0) is 0 Å². The Morgan fingerprint density at radius 2 is 1.88 bits per heavy atom. The Hall–Kier alpha value is -3.72. The van der Waals surface area contributed by atoms with Gasteiger partial charge in [-0.25, -0.2) is 9.97 Å². The summed E-state index contributed by atoms with van der Waals surface area (Å²) in [6, 6.07) is 10.4. The second-order valence-corrected chi connectivity index (χ2v) is 8.27. The molecule has 0 unspecified atom stereocenters. The zero-order chi connectivity index (χ0) is 22.1. The van der Waals surface area contributed by atoms with E-state index in [4.69, 9.17) is 9.97 Å². The van der Waals surface area contributed by atoms with Crippen LogP contribution in [0.15, 0.2) is 48.9 Å². The van der Waals surface area contributed by atoms with Gasteiger partial charge >= 0.3 is 0 Å². The van der Waals surface area contributed by atoms with E-state index in [1.54, 1.807) is 6.20 Å². The van der Waals surface area contributed by atoms with Gasteiger partial charge in [-0.1, -0.05) is 0 Å². The smallest absolute Gasteiger partial charge is 0.232 e. The van der Waals surface area contributed by atoms with Gasteiger partial charge in [-0.05, 0) is 44.5 Å². The number of aryl methyl sites for hydroxylation is 2. The molecule has 0 aromatic carbocycles. The monoisotopic (exact) mass is 429 g/mol. The molecule has 0 radical (unpaired) electrons. The predicted molar refractivity (Wildman–Crippen MR) is 127 cm³/mol. The minimum atomic E-state index is 0.399. The number of hydrogen-bond acceptors (Lipinski definition) is 8. The van der Waals surface area contributed by atoms with Crippen LogP contribution < -0.4 is 20.9 Å². The quantitative estimate of drug-likeness (QED) is 0.444. The first-order valence-corrected chi connectivity index (χ1v) is 10.8. The molecule has 164 valence electrons. The summed E-state index contributed by atoms with van der Waals surface area (Å²) in [5, 5.41) is 10.2. The number of anilines is 5. The second kappa shape index (κ2) is 8.43. The predicted octanol–water partition coefficient (Wildman–Crippen LogP) is 3.42. The van der Waals surface area contributed by atoms with Crippen LogP contribution in [0.5, 0.6) is 0 Å². The van der Waals surface area contributed by atoms with Crippen LogP contribution in [0, 0.1) is 13.8 Å². The number of nitrogens with one attached hydrogen (secondary N) is 3. The summed E-state index contributed by atoms with van der Waals surface area (Å²) in [5.74, 6) is 2.84. The average molecular weight is 430 g/mol. The van der Waals surface area contributed by atoms with Crippen molar-refractivity contribution in [3.05, 3.63) is 60.2 Å². The summed E-state index contributed by atoms with van der Waals surface area (Å²) in [5.41, 5.74) is 3.87. The molecule has 0 spiro atoms. The topological polar surface area (TPSA) is 95.3 Å². The van der Waals surface area contributed by atoms with E-state index < -0.39 is 0 Å². The Bertz CT molecular complexity index is 1230. The molecule has 4 aromatic rings. The molecule has 1 atom stereocenters. The fourth-order valence-electron chi connectivity index (χ4n) is 4.01. The first-order chi connectivity index (χ1) is 15.5. The molecular formula is C23H27N9. The van der Waals surface area contributed by atoms with Crippen LogP contribution in [0.1, 0.15) is 18.2 Å². The van der Waals surface area contributed by atoms with Crippen molar-refractivity contribution in [1.82, 2.24) is 29.7 Å². The lowest BCUT2D eigenvalue weighted by molar-refractivity contribution is 0.482. The maximum atomic E-state index is 4.81. The number of pyridine rings is 2. The molecule has 0 saturated carbocycles. The molecule has 0 amide bonds. The number of imidazole rings is 1. The van der Waals surface area contributed by atoms with E-state index in [2.05, 4.69) is 44.7 Å². The van der Waals surface area contributed by atoms with Gasteiger partial charge < -0.3 is 25.3 Å². The molecule has 3 N–H and O–H groups in total. The first-order valence-electron chi connectivity index (χ1n) is 10.8. The molecule has 0 bridgehead atoms. The Morgan fingerprint density at radius 3 is 2.72 bits per heavy atom. The maximum Gasteiger partial charge on any atom is 0.232 e. The molecule has 1 saturated heterocycles. The summed E-state index contributed by atoms with van der Waals surface area (Å²) in [7, 11) is 0. The zero-order valence-corrected chi connectivity index (χ0v) is 18.5. The number of aromatic nitrogens is 5. The number of hydrogen-bond donors (Lipinski definition) is 3. The molecule has 1 aliphatic heterocycles. The summed E-state index contributed by atoms with van der Waals surface area (Å²) in [4.78, 5) is 20.8. The molecular weight excluding hydrogens is 402 g/mol. The van der Waals surface area contributed by atoms with E-state index >= 15 is 0 Å². The van der Waals surface area contributed by atoms with E-state index in [1.165, 1.54) is 0 Å². The Kier molecular flexibility index (Phi) is 5.32. The highest BCUT2D eigenvalue weighted by Gasteiger charge is 2.19. The van der Waals surface area contributed by atoms with Crippen LogP contribution in [0.2, 0.25) is 0 Å².